The summed E-state index contributed by atoms with van der Waals surface area (Å²) in [4.78, 5) is 20.6. The lowest BCUT2D eigenvalue weighted by Gasteiger charge is -2.33. The fourth-order valence-corrected chi connectivity index (χ4v) is 3.04. The monoisotopic (exact) mass is 269 g/mol. The van der Waals surface area contributed by atoms with Gasteiger partial charge in [0, 0.05) is 24.1 Å². The minimum Gasteiger partial charge on any atom is -0.368 e. The summed E-state index contributed by atoms with van der Waals surface area (Å²) in [6.07, 6.45) is 0. The highest BCUT2D eigenvalue weighted by Gasteiger charge is 2.30. The van der Waals surface area contributed by atoms with Gasteiger partial charge in [-0.2, -0.15) is 16.7 Å². The number of nitrogens with zero attached hydrogens (tertiary/aromatic N) is 4. The molecule has 0 aromatic carbocycles. The second kappa shape index (κ2) is 4.97. The van der Waals surface area contributed by atoms with E-state index in [1.807, 2.05) is 23.6 Å². The van der Waals surface area contributed by atoms with Crippen LogP contribution >= 0.6 is 11.8 Å². The summed E-state index contributed by atoms with van der Waals surface area (Å²) < 4.78 is 0. The predicted molar refractivity (Wildman–Crippen MR) is 72.0 cm³/mol. The zero-order valence-electron chi connectivity index (χ0n) is 10.3. The summed E-state index contributed by atoms with van der Waals surface area (Å²) in [5.74, 6) is 2.29. The van der Waals surface area contributed by atoms with Gasteiger partial charge in [-0.05, 0) is 13.8 Å². The van der Waals surface area contributed by atoms with Gasteiger partial charge in [-0.1, -0.05) is 0 Å². The van der Waals surface area contributed by atoms with E-state index in [0.717, 1.165) is 18.1 Å². The average molecular weight is 269 g/mol. The summed E-state index contributed by atoms with van der Waals surface area (Å²) in [5.41, 5.74) is 5.88. The second-order valence-electron chi connectivity index (χ2n) is 4.21. The largest absolute Gasteiger partial charge is 0.368 e. The van der Waals surface area contributed by atoms with Crippen molar-refractivity contribution in [1.29, 1.82) is 0 Å². The van der Waals surface area contributed by atoms with Crippen LogP contribution in [0.15, 0.2) is 0 Å². The van der Waals surface area contributed by atoms with Crippen LogP contribution in [0.2, 0.25) is 0 Å². The van der Waals surface area contributed by atoms with E-state index in [-0.39, 0.29) is 17.7 Å². The van der Waals surface area contributed by atoms with Crippen LogP contribution < -0.4 is 10.6 Å². The number of aromatic nitrogens is 2. The summed E-state index contributed by atoms with van der Waals surface area (Å²) in [6.45, 7) is 4.36. The smallest absolute Gasteiger partial charge is 0.332 e. The highest BCUT2D eigenvalue weighted by molar-refractivity contribution is 7.99. The maximum absolute atomic E-state index is 11.2. The first kappa shape index (κ1) is 12.9. The van der Waals surface area contributed by atoms with Crippen LogP contribution in [0, 0.1) is 17.0 Å². The Bertz CT molecular complexity index is 482. The Balaban J connectivity index is 2.50. The zero-order valence-corrected chi connectivity index (χ0v) is 11.1. The van der Waals surface area contributed by atoms with Crippen LogP contribution in [-0.2, 0) is 0 Å². The van der Waals surface area contributed by atoms with Crippen LogP contribution in [0.4, 0.5) is 17.5 Å². The number of anilines is 2. The number of nitro groups is 1. The molecule has 2 N–H and O–H groups in total. The van der Waals surface area contributed by atoms with Gasteiger partial charge in [0.05, 0.1) is 4.92 Å². The molecule has 1 atom stereocenters. The molecule has 2 heterocycles. The summed E-state index contributed by atoms with van der Waals surface area (Å²) in [7, 11) is 0. The number of hydrogen-bond donors (Lipinski definition) is 1. The van der Waals surface area contributed by atoms with Crippen molar-refractivity contribution in [3.63, 3.8) is 0 Å². The van der Waals surface area contributed by atoms with Crippen LogP contribution in [0.5, 0.6) is 0 Å². The molecule has 1 saturated heterocycles. The fraction of sp³-hybridized carbons (Fsp3) is 0.600. The molecule has 0 amide bonds. The maximum Gasteiger partial charge on any atom is 0.332 e. The van der Waals surface area contributed by atoms with E-state index in [1.54, 1.807) is 6.92 Å². The molecule has 0 bridgehead atoms. The number of nitrogens with two attached hydrogens (primary N) is 1. The van der Waals surface area contributed by atoms with Crippen LogP contribution in [-0.4, -0.2) is 39.0 Å². The normalized spacial score (nSPS) is 19.9. The minimum atomic E-state index is -0.432. The van der Waals surface area contributed by atoms with Crippen molar-refractivity contribution < 1.29 is 4.92 Å². The van der Waals surface area contributed by atoms with E-state index in [4.69, 9.17) is 5.73 Å². The van der Waals surface area contributed by atoms with Gasteiger partial charge in [-0.15, -0.1) is 0 Å². The lowest BCUT2D eigenvalue weighted by atomic mass is 10.2. The first-order valence-corrected chi connectivity index (χ1v) is 6.79. The van der Waals surface area contributed by atoms with Crippen LogP contribution in [0.1, 0.15) is 12.6 Å². The molecule has 98 valence electrons. The van der Waals surface area contributed by atoms with E-state index in [9.17, 15) is 10.1 Å². The quantitative estimate of drug-likeness (QED) is 0.636. The molecular formula is C10H15N5O2S. The molecule has 1 aliphatic rings. The SMILES string of the molecule is Cc1nc(N)nc(N2CCSCC2C)c1[N+](=O)[O-]. The van der Waals surface area contributed by atoms with E-state index < -0.39 is 4.92 Å². The molecule has 2 rings (SSSR count). The predicted octanol–water partition coefficient (Wildman–Crippen LogP) is 1.22. The van der Waals surface area contributed by atoms with E-state index in [1.165, 1.54) is 0 Å². The Kier molecular flexibility index (Phi) is 3.55. The van der Waals surface area contributed by atoms with E-state index in [2.05, 4.69) is 9.97 Å². The summed E-state index contributed by atoms with van der Waals surface area (Å²) >= 11 is 1.84. The minimum absolute atomic E-state index is 0.0389. The van der Waals surface area contributed by atoms with Gasteiger partial charge in [-0.3, -0.25) is 10.1 Å². The third-order valence-electron chi connectivity index (χ3n) is 2.88. The Morgan fingerprint density at radius 2 is 2.28 bits per heavy atom. The molecule has 1 aromatic rings. The topological polar surface area (TPSA) is 98.2 Å². The molecule has 1 aromatic heterocycles. The highest BCUT2D eigenvalue weighted by Crippen LogP contribution is 2.32. The first-order chi connectivity index (χ1) is 8.50. The second-order valence-corrected chi connectivity index (χ2v) is 5.36. The van der Waals surface area contributed by atoms with Gasteiger partial charge in [0.25, 0.3) is 0 Å². The zero-order chi connectivity index (χ0) is 13.3. The van der Waals surface area contributed by atoms with Crippen LogP contribution in [0.25, 0.3) is 0 Å². The van der Waals surface area contributed by atoms with E-state index >= 15 is 0 Å². The molecule has 8 heteroatoms. The van der Waals surface area contributed by atoms with E-state index in [0.29, 0.717) is 11.5 Å². The molecule has 18 heavy (non-hydrogen) atoms. The van der Waals surface area contributed by atoms with Crippen molar-refractivity contribution in [1.82, 2.24) is 9.97 Å². The van der Waals surface area contributed by atoms with Crippen molar-refractivity contribution >= 4 is 29.2 Å². The van der Waals surface area contributed by atoms with Gasteiger partial charge in [-0.25, -0.2) is 4.98 Å². The molecule has 0 radical (unpaired) electrons. The Labute approximate surface area is 109 Å². The molecular weight excluding hydrogens is 254 g/mol. The third kappa shape index (κ3) is 2.33. The van der Waals surface area contributed by atoms with Crippen molar-refractivity contribution in [3.05, 3.63) is 15.8 Å². The van der Waals surface area contributed by atoms with Gasteiger partial charge < -0.3 is 10.6 Å². The Morgan fingerprint density at radius 3 is 2.89 bits per heavy atom. The molecule has 0 saturated carbocycles. The lowest BCUT2D eigenvalue weighted by Crippen LogP contribution is -2.41. The van der Waals surface area contributed by atoms with Gasteiger partial charge in [0.2, 0.25) is 11.8 Å². The van der Waals surface area contributed by atoms with Gasteiger partial charge in [0.15, 0.2) is 0 Å². The number of rotatable bonds is 2. The molecule has 1 aliphatic heterocycles. The average Bonchev–Trinajstić information content (AvgIpc) is 2.27. The number of thioether (sulfide) groups is 1. The standard InChI is InChI=1S/C10H15N5O2S/c1-6-5-18-4-3-14(6)9-8(15(16)17)7(2)12-10(11)13-9/h6H,3-5H2,1-2H3,(H2,11,12,13). The van der Waals surface area contributed by atoms with Crippen molar-refractivity contribution in [2.75, 3.05) is 28.7 Å². The van der Waals surface area contributed by atoms with Crippen molar-refractivity contribution in [2.24, 2.45) is 0 Å². The lowest BCUT2D eigenvalue weighted by molar-refractivity contribution is -0.385. The molecule has 1 fully saturated rings. The van der Waals surface area contributed by atoms with Crippen molar-refractivity contribution in [3.8, 4) is 0 Å². The Morgan fingerprint density at radius 1 is 1.56 bits per heavy atom. The fourth-order valence-electron chi connectivity index (χ4n) is 2.03. The molecule has 0 aliphatic carbocycles. The molecule has 0 spiro atoms. The number of aryl methyl sites for hydroxylation is 1. The third-order valence-corrected chi connectivity index (χ3v) is 4.07. The first-order valence-electron chi connectivity index (χ1n) is 5.63. The number of hydrogen-bond acceptors (Lipinski definition) is 7. The summed E-state index contributed by atoms with van der Waals surface area (Å²) in [6, 6.07) is 0.205. The maximum atomic E-state index is 11.2. The summed E-state index contributed by atoms with van der Waals surface area (Å²) in [5, 5.41) is 11.2. The number of nitrogen functional groups attached to an aromatic ring is 1. The van der Waals surface area contributed by atoms with Crippen LogP contribution in [0.3, 0.4) is 0 Å². The van der Waals surface area contributed by atoms with Crippen molar-refractivity contribution in [2.45, 2.75) is 19.9 Å². The molecule has 7 nitrogen and oxygen atoms in total. The molecule has 1 unspecified atom stereocenters. The van der Waals surface area contributed by atoms with Gasteiger partial charge in [0.1, 0.15) is 5.69 Å². The highest BCUT2D eigenvalue weighted by atomic mass is 32.2. The van der Waals surface area contributed by atoms with Gasteiger partial charge >= 0.3 is 5.69 Å². The Hall–Kier alpha value is -1.57.